The molecule has 0 amide bonds. The molecule has 0 aliphatic carbocycles. The summed E-state index contributed by atoms with van der Waals surface area (Å²) in [5.74, 6) is -0.157. The van der Waals surface area contributed by atoms with E-state index < -0.39 is 4.92 Å². The van der Waals surface area contributed by atoms with Crippen molar-refractivity contribution in [3.05, 3.63) is 27.8 Å². The SMILES string of the molecule is COc1c(N)cc([N+](=O)[O-])cc1C(C)=O. The number of anilines is 1. The number of nitrogens with two attached hydrogens (primary N) is 1. The first-order chi connectivity index (χ1) is 6.97. The van der Waals surface area contributed by atoms with Gasteiger partial charge in [0.2, 0.25) is 0 Å². The van der Waals surface area contributed by atoms with Crippen molar-refractivity contribution in [3.8, 4) is 5.75 Å². The number of nitrogens with zero attached hydrogens (tertiary/aromatic N) is 1. The molecule has 0 bridgehead atoms. The van der Waals surface area contributed by atoms with Crippen molar-refractivity contribution in [2.75, 3.05) is 12.8 Å². The molecule has 2 N–H and O–H groups in total. The number of nitro benzene ring substituents is 1. The Labute approximate surface area is 85.8 Å². The van der Waals surface area contributed by atoms with Gasteiger partial charge in [0.1, 0.15) is 0 Å². The first-order valence-electron chi connectivity index (χ1n) is 4.10. The maximum atomic E-state index is 11.2. The maximum Gasteiger partial charge on any atom is 0.272 e. The van der Waals surface area contributed by atoms with E-state index in [1.807, 2.05) is 0 Å². The van der Waals surface area contributed by atoms with Crippen LogP contribution in [-0.2, 0) is 0 Å². The van der Waals surface area contributed by atoms with E-state index in [0.717, 1.165) is 12.1 Å². The zero-order valence-corrected chi connectivity index (χ0v) is 8.31. The van der Waals surface area contributed by atoms with E-state index in [2.05, 4.69) is 0 Å². The molecule has 1 aromatic rings. The van der Waals surface area contributed by atoms with Crippen LogP contribution in [0.5, 0.6) is 5.75 Å². The maximum absolute atomic E-state index is 11.2. The molecule has 15 heavy (non-hydrogen) atoms. The largest absolute Gasteiger partial charge is 0.494 e. The lowest BCUT2D eigenvalue weighted by Gasteiger charge is -2.08. The molecule has 0 fully saturated rings. The predicted molar refractivity (Wildman–Crippen MR) is 54.1 cm³/mol. The van der Waals surface area contributed by atoms with Crippen molar-refractivity contribution in [1.29, 1.82) is 0 Å². The second-order valence-electron chi connectivity index (χ2n) is 2.93. The third-order valence-electron chi connectivity index (χ3n) is 1.90. The summed E-state index contributed by atoms with van der Waals surface area (Å²) in [4.78, 5) is 21.1. The van der Waals surface area contributed by atoms with Crippen molar-refractivity contribution in [2.45, 2.75) is 6.92 Å². The standard InChI is InChI=1S/C9H10N2O4/c1-5(12)7-3-6(11(13)14)4-8(10)9(7)15-2/h3-4H,10H2,1-2H3. The highest BCUT2D eigenvalue weighted by atomic mass is 16.6. The fourth-order valence-electron chi connectivity index (χ4n) is 1.23. The van der Waals surface area contributed by atoms with E-state index in [1.54, 1.807) is 0 Å². The first kappa shape index (κ1) is 11.0. The van der Waals surface area contributed by atoms with Gasteiger partial charge < -0.3 is 10.5 Å². The van der Waals surface area contributed by atoms with Gasteiger partial charge in [-0.2, -0.15) is 0 Å². The van der Waals surface area contributed by atoms with Crippen LogP contribution in [0.25, 0.3) is 0 Å². The van der Waals surface area contributed by atoms with Crippen LogP contribution in [0.2, 0.25) is 0 Å². The van der Waals surface area contributed by atoms with Gasteiger partial charge in [-0.3, -0.25) is 14.9 Å². The van der Waals surface area contributed by atoms with Gasteiger partial charge >= 0.3 is 0 Å². The minimum Gasteiger partial charge on any atom is -0.494 e. The Bertz CT molecular complexity index is 428. The number of nitrogen functional groups attached to an aromatic ring is 1. The van der Waals surface area contributed by atoms with E-state index >= 15 is 0 Å². The molecule has 0 unspecified atom stereocenters. The Balaban J connectivity index is 3.45. The molecule has 0 aliphatic rings. The van der Waals surface area contributed by atoms with Gasteiger partial charge in [-0.25, -0.2) is 0 Å². The Morgan fingerprint density at radius 3 is 2.53 bits per heavy atom. The van der Waals surface area contributed by atoms with Crippen molar-refractivity contribution >= 4 is 17.2 Å². The summed E-state index contributed by atoms with van der Waals surface area (Å²) in [6.07, 6.45) is 0. The van der Waals surface area contributed by atoms with Crippen LogP contribution >= 0.6 is 0 Å². The normalized spacial score (nSPS) is 9.73. The summed E-state index contributed by atoms with van der Waals surface area (Å²) in [5, 5.41) is 10.5. The average Bonchev–Trinajstić information content (AvgIpc) is 2.16. The van der Waals surface area contributed by atoms with Crippen LogP contribution in [-0.4, -0.2) is 17.8 Å². The molecule has 80 valence electrons. The Morgan fingerprint density at radius 1 is 1.53 bits per heavy atom. The molecule has 0 atom stereocenters. The summed E-state index contributed by atoms with van der Waals surface area (Å²) in [7, 11) is 1.35. The van der Waals surface area contributed by atoms with E-state index in [0.29, 0.717) is 0 Å². The number of rotatable bonds is 3. The number of ketones is 1. The summed E-state index contributed by atoms with van der Waals surface area (Å²) in [5.41, 5.74) is 5.50. The second kappa shape index (κ2) is 3.95. The molecule has 1 aromatic carbocycles. The molecule has 1 rings (SSSR count). The van der Waals surface area contributed by atoms with Gasteiger partial charge in [0.05, 0.1) is 23.3 Å². The topological polar surface area (TPSA) is 95.5 Å². The summed E-state index contributed by atoms with van der Waals surface area (Å²) in [6, 6.07) is 2.31. The fraction of sp³-hybridized carbons (Fsp3) is 0.222. The minimum absolute atomic E-state index is 0.0805. The number of nitro groups is 1. The zero-order chi connectivity index (χ0) is 11.6. The van der Waals surface area contributed by atoms with Crippen LogP contribution < -0.4 is 10.5 Å². The van der Waals surface area contributed by atoms with Crippen LogP contribution in [0.4, 0.5) is 11.4 Å². The minimum atomic E-state index is -0.609. The predicted octanol–water partition coefficient (Wildman–Crippen LogP) is 1.39. The summed E-state index contributed by atoms with van der Waals surface area (Å²) in [6.45, 7) is 1.29. The molecule has 0 spiro atoms. The van der Waals surface area contributed by atoms with Crippen molar-refractivity contribution in [1.82, 2.24) is 0 Å². The van der Waals surface area contributed by atoms with Crippen LogP contribution in [0.3, 0.4) is 0 Å². The summed E-state index contributed by atoms with van der Waals surface area (Å²) < 4.78 is 4.90. The van der Waals surface area contributed by atoms with Crippen molar-refractivity contribution in [3.63, 3.8) is 0 Å². The van der Waals surface area contributed by atoms with Crippen LogP contribution in [0.1, 0.15) is 17.3 Å². The second-order valence-corrected chi connectivity index (χ2v) is 2.93. The molecule has 0 aromatic heterocycles. The van der Waals surface area contributed by atoms with Gasteiger partial charge in [0.15, 0.2) is 11.5 Å². The lowest BCUT2D eigenvalue weighted by atomic mass is 10.1. The molecule has 0 heterocycles. The van der Waals surface area contributed by atoms with Gasteiger partial charge in [-0.05, 0) is 6.92 Å². The van der Waals surface area contributed by atoms with Gasteiger partial charge in [-0.15, -0.1) is 0 Å². The first-order valence-corrected chi connectivity index (χ1v) is 4.10. The Hall–Kier alpha value is -2.11. The van der Waals surface area contributed by atoms with Gasteiger partial charge in [-0.1, -0.05) is 0 Å². The lowest BCUT2D eigenvalue weighted by molar-refractivity contribution is -0.384. The highest BCUT2D eigenvalue weighted by Crippen LogP contribution is 2.31. The number of hydrogen-bond acceptors (Lipinski definition) is 5. The molecular weight excluding hydrogens is 200 g/mol. The number of methoxy groups -OCH3 is 1. The number of benzene rings is 1. The monoisotopic (exact) mass is 210 g/mol. The number of hydrogen-bond donors (Lipinski definition) is 1. The van der Waals surface area contributed by atoms with Crippen LogP contribution in [0.15, 0.2) is 12.1 Å². The third kappa shape index (κ3) is 2.04. The summed E-state index contributed by atoms with van der Waals surface area (Å²) >= 11 is 0. The number of non-ortho nitro benzene ring substituents is 1. The molecule has 6 nitrogen and oxygen atoms in total. The fourth-order valence-corrected chi connectivity index (χ4v) is 1.23. The number of carbonyl (C=O) groups excluding carboxylic acids is 1. The van der Waals surface area contributed by atoms with E-state index in [9.17, 15) is 14.9 Å². The molecule has 6 heteroatoms. The Kier molecular flexibility index (Phi) is 2.89. The molecule has 0 saturated carbocycles. The van der Waals surface area contributed by atoms with Crippen molar-refractivity contribution < 1.29 is 14.5 Å². The van der Waals surface area contributed by atoms with Crippen LogP contribution in [0, 0.1) is 10.1 Å². The quantitative estimate of drug-likeness (QED) is 0.352. The van der Waals surface area contributed by atoms with Gasteiger partial charge in [0, 0.05) is 12.1 Å². The number of ether oxygens (including phenoxy) is 1. The zero-order valence-electron chi connectivity index (χ0n) is 8.31. The van der Waals surface area contributed by atoms with E-state index in [4.69, 9.17) is 10.5 Å². The molecule has 0 saturated heterocycles. The molecular formula is C9H10N2O4. The number of Topliss-reactive ketones (excluding diaryl/α,β-unsaturated/α-hetero) is 1. The Morgan fingerprint density at radius 2 is 2.13 bits per heavy atom. The van der Waals surface area contributed by atoms with Gasteiger partial charge in [0.25, 0.3) is 5.69 Å². The third-order valence-corrected chi connectivity index (χ3v) is 1.90. The molecule has 0 radical (unpaired) electrons. The average molecular weight is 210 g/mol. The highest BCUT2D eigenvalue weighted by Gasteiger charge is 2.18. The highest BCUT2D eigenvalue weighted by molar-refractivity contribution is 5.99. The lowest BCUT2D eigenvalue weighted by Crippen LogP contribution is -2.03. The smallest absolute Gasteiger partial charge is 0.272 e. The van der Waals surface area contributed by atoms with Crippen molar-refractivity contribution in [2.24, 2.45) is 0 Å². The van der Waals surface area contributed by atoms with E-state index in [-0.39, 0.29) is 28.5 Å². The van der Waals surface area contributed by atoms with E-state index in [1.165, 1.54) is 14.0 Å². The molecule has 0 aliphatic heterocycles. The number of carbonyl (C=O) groups is 1.